The van der Waals surface area contributed by atoms with Gasteiger partial charge in [-0.3, -0.25) is 4.79 Å². The number of hydrogen-bond acceptors (Lipinski definition) is 5. The van der Waals surface area contributed by atoms with Gasteiger partial charge in [-0.05, 0) is 47.5 Å². The second-order valence-electron chi connectivity index (χ2n) is 6.40. The molecule has 29 heavy (non-hydrogen) atoms. The van der Waals surface area contributed by atoms with Crippen LogP contribution >= 0.6 is 0 Å². The minimum Gasteiger partial charge on any atom is -0.504 e. The minimum absolute atomic E-state index is 0.00179. The van der Waals surface area contributed by atoms with E-state index in [0.717, 1.165) is 5.56 Å². The van der Waals surface area contributed by atoms with Crippen molar-refractivity contribution in [3.05, 3.63) is 89.5 Å². The standard InChI is InChI=1S/C23H21N3O3/c1-29-21-13-18(9-12-20(21)27)22(26-19-10-7-16(14-24)8-11-19)23(28)25-15-17-5-3-2-4-6-17/h2-13,22,26-27H,15H2,1H3,(H,25,28). The molecule has 1 unspecified atom stereocenters. The number of benzene rings is 3. The lowest BCUT2D eigenvalue weighted by Crippen LogP contribution is -2.33. The van der Waals surface area contributed by atoms with Crippen LogP contribution in [0.5, 0.6) is 11.5 Å². The molecule has 3 rings (SSSR count). The molecule has 1 amide bonds. The van der Waals surface area contributed by atoms with Gasteiger partial charge in [0.15, 0.2) is 11.5 Å². The Kier molecular flexibility index (Phi) is 6.33. The lowest BCUT2D eigenvalue weighted by Gasteiger charge is -2.21. The van der Waals surface area contributed by atoms with Crippen molar-refractivity contribution in [3.8, 4) is 17.6 Å². The van der Waals surface area contributed by atoms with E-state index >= 15 is 0 Å². The van der Waals surface area contributed by atoms with Gasteiger partial charge in [0.05, 0.1) is 18.7 Å². The number of phenolic OH excluding ortho intramolecular Hbond substituents is 1. The number of carbonyl (C=O) groups is 1. The maximum absolute atomic E-state index is 13.0. The number of phenols is 1. The predicted octanol–water partition coefficient (Wildman–Crippen LogP) is 3.74. The molecule has 146 valence electrons. The maximum atomic E-state index is 13.0. The van der Waals surface area contributed by atoms with Crippen molar-refractivity contribution in [1.82, 2.24) is 5.32 Å². The van der Waals surface area contributed by atoms with Crippen LogP contribution in [0.15, 0.2) is 72.8 Å². The molecule has 0 aliphatic rings. The first-order chi connectivity index (χ1) is 14.1. The normalized spacial score (nSPS) is 11.2. The van der Waals surface area contributed by atoms with Crippen molar-refractivity contribution < 1.29 is 14.6 Å². The fourth-order valence-electron chi connectivity index (χ4n) is 2.87. The van der Waals surface area contributed by atoms with Crippen LogP contribution in [0, 0.1) is 11.3 Å². The summed E-state index contributed by atoms with van der Waals surface area (Å²) in [6, 6.07) is 22.6. The zero-order valence-corrected chi connectivity index (χ0v) is 15.9. The van der Waals surface area contributed by atoms with Crippen LogP contribution in [0.25, 0.3) is 0 Å². The Morgan fingerprint density at radius 3 is 2.48 bits per heavy atom. The summed E-state index contributed by atoms with van der Waals surface area (Å²) in [5.41, 5.74) is 2.85. The van der Waals surface area contributed by atoms with Crippen molar-refractivity contribution in [1.29, 1.82) is 5.26 Å². The molecule has 0 saturated heterocycles. The number of amides is 1. The topological polar surface area (TPSA) is 94.4 Å². The minimum atomic E-state index is -0.721. The van der Waals surface area contributed by atoms with Gasteiger partial charge in [0.2, 0.25) is 5.91 Å². The lowest BCUT2D eigenvalue weighted by molar-refractivity contribution is -0.122. The van der Waals surface area contributed by atoms with E-state index in [1.165, 1.54) is 13.2 Å². The molecule has 3 aromatic carbocycles. The third-order valence-electron chi connectivity index (χ3n) is 4.43. The molecule has 0 radical (unpaired) electrons. The number of methoxy groups -OCH3 is 1. The van der Waals surface area contributed by atoms with E-state index in [0.29, 0.717) is 23.4 Å². The SMILES string of the molecule is COc1cc(C(Nc2ccc(C#N)cc2)C(=O)NCc2ccccc2)ccc1O. The first kappa shape index (κ1) is 19.8. The van der Waals surface area contributed by atoms with Gasteiger partial charge in [-0.15, -0.1) is 0 Å². The first-order valence-electron chi connectivity index (χ1n) is 9.06. The Morgan fingerprint density at radius 1 is 1.10 bits per heavy atom. The van der Waals surface area contributed by atoms with Crippen LogP contribution in [0.4, 0.5) is 5.69 Å². The molecular weight excluding hydrogens is 366 g/mol. The predicted molar refractivity (Wildman–Crippen MR) is 110 cm³/mol. The van der Waals surface area contributed by atoms with Crippen molar-refractivity contribution in [3.63, 3.8) is 0 Å². The van der Waals surface area contributed by atoms with Crippen molar-refractivity contribution in [2.24, 2.45) is 0 Å². The molecule has 1 atom stereocenters. The molecule has 0 spiro atoms. The number of nitrogens with zero attached hydrogens (tertiary/aromatic N) is 1. The average Bonchev–Trinajstić information content (AvgIpc) is 2.77. The molecule has 0 saturated carbocycles. The van der Waals surface area contributed by atoms with E-state index in [2.05, 4.69) is 16.7 Å². The summed E-state index contributed by atoms with van der Waals surface area (Å²) in [4.78, 5) is 13.0. The smallest absolute Gasteiger partial charge is 0.247 e. The summed E-state index contributed by atoms with van der Waals surface area (Å²) in [5, 5.41) is 25.0. The average molecular weight is 387 g/mol. The number of hydrogen-bond donors (Lipinski definition) is 3. The second kappa shape index (κ2) is 9.29. The Balaban J connectivity index is 1.85. The summed E-state index contributed by atoms with van der Waals surface area (Å²) >= 11 is 0. The van der Waals surface area contributed by atoms with Crippen LogP contribution < -0.4 is 15.4 Å². The lowest BCUT2D eigenvalue weighted by atomic mass is 10.0. The van der Waals surface area contributed by atoms with Gasteiger partial charge in [0.25, 0.3) is 0 Å². The quantitative estimate of drug-likeness (QED) is 0.574. The summed E-state index contributed by atoms with van der Waals surface area (Å²) in [7, 11) is 1.46. The number of carbonyl (C=O) groups excluding carboxylic acids is 1. The summed E-state index contributed by atoms with van der Waals surface area (Å²) in [6.07, 6.45) is 0. The fraction of sp³-hybridized carbons (Fsp3) is 0.130. The molecule has 6 nitrogen and oxygen atoms in total. The molecule has 0 aliphatic heterocycles. The monoisotopic (exact) mass is 387 g/mol. The van der Waals surface area contributed by atoms with E-state index in [9.17, 15) is 9.90 Å². The van der Waals surface area contributed by atoms with Gasteiger partial charge in [-0.25, -0.2) is 0 Å². The highest BCUT2D eigenvalue weighted by Crippen LogP contribution is 2.30. The van der Waals surface area contributed by atoms with E-state index in [1.807, 2.05) is 30.3 Å². The Labute approximate surface area is 169 Å². The number of rotatable bonds is 7. The van der Waals surface area contributed by atoms with Crippen molar-refractivity contribution >= 4 is 11.6 Å². The van der Waals surface area contributed by atoms with Gasteiger partial charge in [0, 0.05) is 12.2 Å². The molecule has 0 aliphatic carbocycles. The van der Waals surface area contributed by atoms with Gasteiger partial charge < -0.3 is 20.5 Å². The van der Waals surface area contributed by atoms with Crippen LogP contribution in [0.1, 0.15) is 22.7 Å². The number of nitriles is 1. The molecular formula is C23H21N3O3. The second-order valence-corrected chi connectivity index (χ2v) is 6.40. The largest absolute Gasteiger partial charge is 0.504 e. The summed E-state index contributed by atoms with van der Waals surface area (Å²) in [5.74, 6) is 0.0500. The molecule has 6 heteroatoms. The van der Waals surface area contributed by atoms with Crippen molar-refractivity contribution in [2.45, 2.75) is 12.6 Å². The van der Waals surface area contributed by atoms with Crippen LogP contribution in [0.3, 0.4) is 0 Å². The highest BCUT2D eigenvalue weighted by molar-refractivity contribution is 5.86. The number of nitrogens with one attached hydrogen (secondary N) is 2. The number of anilines is 1. The Morgan fingerprint density at radius 2 is 1.83 bits per heavy atom. The third kappa shape index (κ3) is 5.05. The first-order valence-corrected chi connectivity index (χ1v) is 9.06. The zero-order valence-electron chi connectivity index (χ0n) is 15.9. The number of aromatic hydroxyl groups is 1. The van der Waals surface area contributed by atoms with Gasteiger partial charge in [-0.2, -0.15) is 5.26 Å². The van der Waals surface area contributed by atoms with Crippen molar-refractivity contribution in [2.75, 3.05) is 12.4 Å². The molecule has 0 fully saturated rings. The van der Waals surface area contributed by atoms with E-state index in [-0.39, 0.29) is 17.4 Å². The maximum Gasteiger partial charge on any atom is 0.247 e. The van der Waals surface area contributed by atoms with Gasteiger partial charge >= 0.3 is 0 Å². The third-order valence-corrected chi connectivity index (χ3v) is 4.43. The zero-order chi connectivity index (χ0) is 20.6. The van der Waals surface area contributed by atoms with Crippen LogP contribution in [-0.4, -0.2) is 18.1 Å². The highest BCUT2D eigenvalue weighted by atomic mass is 16.5. The summed E-state index contributed by atoms with van der Waals surface area (Å²) < 4.78 is 5.18. The molecule has 0 bridgehead atoms. The van der Waals surface area contributed by atoms with E-state index in [4.69, 9.17) is 10.00 Å². The molecule has 3 N–H and O–H groups in total. The van der Waals surface area contributed by atoms with Crippen LogP contribution in [0.2, 0.25) is 0 Å². The molecule has 0 aromatic heterocycles. The van der Waals surface area contributed by atoms with Crippen LogP contribution in [-0.2, 0) is 11.3 Å². The van der Waals surface area contributed by atoms with Gasteiger partial charge in [0.1, 0.15) is 6.04 Å². The Hall–Kier alpha value is -3.98. The van der Waals surface area contributed by atoms with E-state index in [1.54, 1.807) is 36.4 Å². The van der Waals surface area contributed by atoms with Gasteiger partial charge in [-0.1, -0.05) is 36.4 Å². The highest BCUT2D eigenvalue weighted by Gasteiger charge is 2.22. The fourth-order valence-corrected chi connectivity index (χ4v) is 2.87. The molecule has 0 heterocycles. The Bertz CT molecular complexity index is 1010. The summed E-state index contributed by atoms with van der Waals surface area (Å²) in [6.45, 7) is 0.389. The number of ether oxygens (including phenoxy) is 1. The molecule has 3 aromatic rings. The van der Waals surface area contributed by atoms with E-state index < -0.39 is 6.04 Å².